The van der Waals surface area contributed by atoms with E-state index in [-0.39, 0.29) is 12.2 Å². The summed E-state index contributed by atoms with van der Waals surface area (Å²) >= 11 is 1.86. The van der Waals surface area contributed by atoms with E-state index in [4.69, 9.17) is 4.42 Å². The molecule has 4 heterocycles. The van der Waals surface area contributed by atoms with Gasteiger partial charge in [0.25, 0.3) is 0 Å². The van der Waals surface area contributed by atoms with Crippen molar-refractivity contribution in [1.29, 1.82) is 0 Å². The van der Waals surface area contributed by atoms with Gasteiger partial charge >= 0.3 is 0 Å². The number of hydrogen-bond donors (Lipinski definition) is 2. The molecule has 0 bridgehead atoms. The van der Waals surface area contributed by atoms with E-state index in [9.17, 15) is 0 Å². The Bertz CT molecular complexity index is 3760. The number of furan rings is 1. The fourth-order valence-electron chi connectivity index (χ4n) is 9.89. The van der Waals surface area contributed by atoms with Crippen LogP contribution in [0.25, 0.3) is 97.6 Å². The van der Waals surface area contributed by atoms with Crippen LogP contribution < -0.4 is 10.6 Å². The van der Waals surface area contributed by atoms with Gasteiger partial charge < -0.3 is 14.3 Å². The average Bonchev–Trinajstić information content (AvgIpc) is 4.03. The number of benzene rings is 9. The quantitative estimate of drug-likeness (QED) is 0.175. The van der Waals surface area contributed by atoms with Crippen molar-refractivity contribution in [3.63, 3.8) is 0 Å². The van der Waals surface area contributed by atoms with Crippen molar-refractivity contribution in [1.82, 2.24) is 15.2 Å². The second-order valence-electron chi connectivity index (χ2n) is 16.6. The normalized spacial score (nSPS) is 15.5. The van der Waals surface area contributed by atoms with Crippen molar-refractivity contribution >= 4 is 81.0 Å². The van der Waals surface area contributed by atoms with Crippen LogP contribution in [0.15, 0.2) is 217 Å². The molecular formula is C58H39N3OS. The molecule has 2 unspecified atom stereocenters. The number of hydrogen-bond acceptors (Lipinski definition) is 4. The first kappa shape index (κ1) is 36.0. The molecule has 13 rings (SSSR count). The Labute approximate surface area is 368 Å². The summed E-state index contributed by atoms with van der Waals surface area (Å²) in [5, 5.41) is 15.3. The molecule has 298 valence electrons. The highest BCUT2D eigenvalue weighted by Crippen LogP contribution is 2.43. The van der Waals surface area contributed by atoms with Gasteiger partial charge in [-0.05, 0) is 118 Å². The van der Waals surface area contributed by atoms with E-state index in [0.717, 1.165) is 38.9 Å². The average molecular weight is 826 g/mol. The second-order valence-corrected chi connectivity index (χ2v) is 17.6. The number of rotatable bonds is 6. The maximum atomic E-state index is 6.22. The van der Waals surface area contributed by atoms with Gasteiger partial charge in [-0.2, -0.15) is 0 Å². The highest BCUT2D eigenvalue weighted by Gasteiger charge is 2.27. The van der Waals surface area contributed by atoms with Crippen molar-refractivity contribution < 1.29 is 4.42 Å². The molecule has 5 heteroatoms. The topological polar surface area (TPSA) is 42.1 Å². The fraction of sp³-hybridized carbons (Fsp3) is 0.0345. The largest absolute Gasteiger partial charge is 0.456 e. The first-order chi connectivity index (χ1) is 31.2. The van der Waals surface area contributed by atoms with Crippen molar-refractivity contribution in [2.75, 3.05) is 0 Å². The molecule has 4 nitrogen and oxygen atoms in total. The minimum absolute atomic E-state index is 0.00497. The molecule has 0 fully saturated rings. The van der Waals surface area contributed by atoms with E-state index in [1.54, 1.807) is 0 Å². The zero-order valence-corrected chi connectivity index (χ0v) is 34.9. The standard InChI is InChI=1S/C58H39N3OS/c1-3-13-36(14-4-1)38-17-11-18-42(31-38)61-51-22-9-7-19-43(51)46-32-39(25-28-52(46)61)40-27-30-55-48(33-40)57-45(21-12-24-56(57)63-55)58-59-49(37-15-5-2-6-16-37)35-50(60-58)41-26-29-54-47(34-41)44-20-8-10-23-53(44)62-54/h1-35,49,58-60H. The van der Waals surface area contributed by atoms with Crippen LogP contribution in [-0.4, -0.2) is 4.57 Å². The summed E-state index contributed by atoms with van der Waals surface area (Å²) in [5.41, 5.74) is 14.9. The molecule has 0 spiro atoms. The highest BCUT2D eigenvalue weighted by molar-refractivity contribution is 7.25. The Balaban J connectivity index is 0.919. The molecule has 1 aliphatic heterocycles. The van der Waals surface area contributed by atoms with Crippen LogP contribution >= 0.6 is 11.3 Å². The highest BCUT2D eigenvalue weighted by atomic mass is 32.1. The number of thiophene rings is 1. The third-order valence-corrected chi connectivity index (χ3v) is 14.0. The second kappa shape index (κ2) is 14.5. The van der Waals surface area contributed by atoms with Crippen molar-refractivity contribution in [2.45, 2.75) is 12.2 Å². The number of nitrogens with one attached hydrogen (secondary N) is 2. The van der Waals surface area contributed by atoms with Gasteiger partial charge in [0.05, 0.1) is 17.1 Å². The van der Waals surface area contributed by atoms with Gasteiger partial charge in [-0.3, -0.25) is 5.32 Å². The third kappa shape index (κ3) is 6.00. The van der Waals surface area contributed by atoms with Crippen LogP contribution in [0.5, 0.6) is 0 Å². The number of aromatic nitrogens is 1. The van der Waals surface area contributed by atoms with Crippen LogP contribution in [0.1, 0.15) is 28.9 Å². The van der Waals surface area contributed by atoms with Crippen LogP contribution in [-0.2, 0) is 0 Å². The van der Waals surface area contributed by atoms with Crippen molar-refractivity contribution in [3.05, 3.63) is 229 Å². The van der Waals surface area contributed by atoms with E-state index in [1.165, 1.54) is 75.4 Å². The van der Waals surface area contributed by atoms with Gasteiger partial charge in [0, 0.05) is 53.1 Å². The van der Waals surface area contributed by atoms with Gasteiger partial charge in [-0.1, -0.05) is 133 Å². The van der Waals surface area contributed by atoms with Crippen LogP contribution in [0.2, 0.25) is 0 Å². The Morgan fingerprint density at radius 2 is 1.11 bits per heavy atom. The van der Waals surface area contributed by atoms with Gasteiger partial charge in [0.2, 0.25) is 0 Å². The van der Waals surface area contributed by atoms with E-state index in [1.807, 2.05) is 23.5 Å². The first-order valence-corrected chi connectivity index (χ1v) is 22.4. The zero-order chi connectivity index (χ0) is 41.4. The molecule has 0 saturated carbocycles. The molecule has 2 N–H and O–H groups in total. The summed E-state index contributed by atoms with van der Waals surface area (Å²) < 4.78 is 11.2. The van der Waals surface area contributed by atoms with Gasteiger partial charge in [-0.25, -0.2) is 0 Å². The molecule has 12 aromatic rings. The minimum Gasteiger partial charge on any atom is -0.456 e. The lowest BCUT2D eigenvalue weighted by molar-refractivity contribution is 0.445. The maximum absolute atomic E-state index is 6.22. The lowest BCUT2D eigenvalue weighted by Crippen LogP contribution is -2.39. The minimum atomic E-state index is -0.153. The van der Waals surface area contributed by atoms with Gasteiger partial charge in [0.1, 0.15) is 17.3 Å². The molecule has 0 radical (unpaired) electrons. The SMILES string of the molecule is C1=C(c2ccc3oc4ccccc4c3c2)NC(c2cccc3sc4ccc(-c5ccc6c(c5)c5ccccc5n6-c5cccc(-c6ccccc6)c5)cc4c23)NC1c1ccccc1. The molecule has 0 amide bonds. The predicted octanol–water partition coefficient (Wildman–Crippen LogP) is 15.4. The lowest BCUT2D eigenvalue weighted by Gasteiger charge is -2.33. The van der Waals surface area contributed by atoms with Crippen LogP contribution in [0, 0.1) is 0 Å². The molecule has 0 saturated heterocycles. The van der Waals surface area contributed by atoms with E-state index < -0.39 is 0 Å². The smallest absolute Gasteiger partial charge is 0.135 e. The molecule has 3 aromatic heterocycles. The Morgan fingerprint density at radius 1 is 0.444 bits per heavy atom. The molecule has 2 atom stereocenters. The maximum Gasteiger partial charge on any atom is 0.135 e. The summed E-state index contributed by atoms with van der Waals surface area (Å²) in [6.45, 7) is 0. The van der Waals surface area contributed by atoms with E-state index in [2.05, 4.69) is 215 Å². The number of para-hydroxylation sites is 2. The number of fused-ring (bicyclic) bond motifs is 9. The molecule has 0 aliphatic carbocycles. The molecule has 63 heavy (non-hydrogen) atoms. The van der Waals surface area contributed by atoms with Gasteiger partial charge in [-0.15, -0.1) is 11.3 Å². The summed E-state index contributed by atoms with van der Waals surface area (Å²) in [4.78, 5) is 0. The lowest BCUT2D eigenvalue weighted by atomic mass is 9.95. The van der Waals surface area contributed by atoms with Crippen LogP contribution in [0.3, 0.4) is 0 Å². The van der Waals surface area contributed by atoms with Crippen molar-refractivity contribution in [3.8, 4) is 27.9 Å². The molecule has 9 aromatic carbocycles. The van der Waals surface area contributed by atoms with Gasteiger partial charge in [0.15, 0.2) is 0 Å². The Morgan fingerprint density at radius 3 is 2.00 bits per heavy atom. The molecular weight excluding hydrogens is 787 g/mol. The summed E-state index contributed by atoms with van der Waals surface area (Å²) in [7, 11) is 0. The molecule has 1 aliphatic rings. The fourth-order valence-corrected chi connectivity index (χ4v) is 11.0. The van der Waals surface area contributed by atoms with E-state index in [0.29, 0.717) is 0 Å². The number of nitrogens with zero attached hydrogens (tertiary/aromatic N) is 1. The first-order valence-electron chi connectivity index (χ1n) is 21.6. The zero-order valence-electron chi connectivity index (χ0n) is 34.1. The summed E-state index contributed by atoms with van der Waals surface area (Å²) in [6, 6.07) is 74.7. The summed E-state index contributed by atoms with van der Waals surface area (Å²) in [5.74, 6) is 0. The third-order valence-electron chi connectivity index (χ3n) is 12.9. The monoisotopic (exact) mass is 825 g/mol. The summed E-state index contributed by atoms with van der Waals surface area (Å²) in [6.07, 6.45) is 2.17. The Hall–Kier alpha value is -7.70. The van der Waals surface area contributed by atoms with Crippen LogP contribution in [0.4, 0.5) is 0 Å². The van der Waals surface area contributed by atoms with Crippen molar-refractivity contribution in [2.24, 2.45) is 0 Å². The predicted molar refractivity (Wildman–Crippen MR) is 264 cm³/mol. The Kier molecular flexibility index (Phi) is 8.26. The van der Waals surface area contributed by atoms with E-state index >= 15 is 0 Å².